The molecule has 0 radical (unpaired) electrons. The molecule has 2 aromatic heterocycles. The molecule has 10 nitrogen and oxygen atoms in total. The molecule has 2 aliphatic rings. The zero-order valence-electron chi connectivity index (χ0n) is 33.1. The molecule has 0 aliphatic carbocycles. The Morgan fingerprint density at radius 1 is 0.585 bits per heavy atom. The van der Waals surface area contributed by atoms with Crippen LogP contribution in [0.5, 0.6) is 0 Å². The fourth-order valence-corrected chi connectivity index (χ4v) is 4.38. The van der Waals surface area contributed by atoms with Gasteiger partial charge in [-0.2, -0.15) is 0 Å². The first-order valence-corrected chi connectivity index (χ1v) is 19.8. The summed E-state index contributed by atoms with van der Waals surface area (Å²) in [5.74, 6) is -1.98. The first kappa shape index (κ1) is 50.5. The number of aliphatic hydroxyl groups excluding tert-OH is 1. The number of hydrogen-bond donors (Lipinski definition) is 1. The summed E-state index contributed by atoms with van der Waals surface area (Å²) in [4.78, 5) is 70.5. The van der Waals surface area contributed by atoms with Gasteiger partial charge in [0.1, 0.15) is 11.8 Å². The quantitative estimate of drug-likeness (QED) is 0.0878. The molecule has 0 bridgehead atoms. The molecule has 11 heteroatoms. The number of pyridine rings is 2. The van der Waals surface area contributed by atoms with Crippen molar-refractivity contribution in [3.63, 3.8) is 0 Å². The van der Waals surface area contributed by atoms with Crippen molar-refractivity contribution in [1.29, 1.82) is 0 Å². The second-order valence-electron chi connectivity index (χ2n) is 9.18. The highest BCUT2D eigenvalue weighted by molar-refractivity contribution is 14.1. The number of aliphatic hydroxyl groups is 1. The van der Waals surface area contributed by atoms with Crippen LogP contribution in [-0.4, -0.2) is 71.8 Å². The van der Waals surface area contributed by atoms with Crippen molar-refractivity contribution >= 4 is 52.0 Å². The van der Waals surface area contributed by atoms with Crippen LogP contribution in [0.1, 0.15) is 140 Å². The molecule has 6 rings (SSSR count). The monoisotopic (exact) mass is 840 g/mol. The fourth-order valence-electron chi connectivity index (χ4n) is 4.38. The van der Waals surface area contributed by atoms with Gasteiger partial charge in [-0.25, -0.2) is 0 Å². The van der Waals surface area contributed by atoms with Gasteiger partial charge in [-0.05, 0) is 53.0 Å². The average molecular weight is 841 g/mol. The molecule has 288 valence electrons. The van der Waals surface area contributed by atoms with Gasteiger partial charge in [0.25, 0.3) is 23.6 Å². The minimum atomic E-state index is -0.988. The lowest BCUT2D eigenvalue weighted by atomic mass is 10.1. The molecular weight excluding hydrogens is 783 g/mol. The predicted octanol–water partition coefficient (Wildman–Crippen LogP) is 9.54. The van der Waals surface area contributed by atoms with Gasteiger partial charge in [-0.1, -0.05) is 135 Å². The van der Waals surface area contributed by atoms with Crippen molar-refractivity contribution in [2.45, 2.75) is 82.3 Å². The van der Waals surface area contributed by atoms with E-state index in [1.165, 1.54) is 10.6 Å². The van der Waals surface area contributed by atoms with E-state index in [1.807, 2.05) is 69.2 Å². The Bertz CT molecular complexity index is 1580. The molecule has 53 heavy (non-hydrogen) atoms. The standard InChI is InChI=1S/C15H12N2O3.C15H10N2O3.C2H5I.5C2H6/c2*18-13(12-7-3-4-8-16-12)9-17-14(19)10-5-1-2-6-11(10)15(17)20;1-2-3;5*1-2/h1-8,13,18H,9H2;1-8H,9H2;2H2,1H3;5*1-2H3. The minimum absolute atomic E-state index is 0.0939. The van der Waals surface area contributed by atoms with Gasteiger partial charge in [0.2, 0.25) is 5.78 Å². The number of amides is 4. The van der Waals surface area contributed by atoms with Crippen LogP contribution in [0.3, 0.4) is 0 Å². The molecule has 2 aromatic carbocycles. The Labute approximate surface area is 330 Å². The minimum Gasteiger partial charge on any atom is -0.385 e. The third-order valence-electron chi connectivity index (χ3n) is 6.39. The number of imide groups is 2. The van der Waals surface area contributed by atoms with Crippen LogP contribution in [0.4, 0.5) is 0 Å². The summed E-state index contributed by atoms with van der Waals surface area (Å²) in [6, 6.07) is 23.3. The maximum Gasteiger partial charge on any atom is 0.261 e. The highest BCUT2D eigenvalue weighted by Gasteiger charge is 2.37. The number of ketones is 1. The zero-order valence-corrected chi connectivity index (χ0v) is 35.2. The SMILES string of the molecule is CC.CC.CC.CC.CC.CCI.O=C(CN1C(=O)c2ccccc2C1=O)c1ccccn1.O=C1c2ccccc2C(=O)N1CC(O)c1ccccn1. The van der Waals surface area contributed by atoms with E-state index in [0.29, 0.717) is 27.9 Å². The normalized spacial score (nSPS) is 11.8. The number of fused-ring (bicyclic) bond motifs is 2. The van der Waals surface area contributed by atoms with Gasteiger partial charge in [-0.3, -0.25) is 43.7 Å². The predicted molar refractivity (Wildman–Crippen MR) is 223 cm³/mol. The number of Topliss-reactive ketones (excluding diaryl/α,β-unsaturated/α-hetero) is 1. The van der Waals surface area contributed by atoms with Crippen molar-refractivity contribution < 1.29 is 29.1 Å². The molecule has 0 saturated heterocycles. The molecule has 0 fully saturated rings. The van der Waals surface area contributed by atoms with Gasteiger partial charge in [0.05, 0.1) is 41.0 Å². The maximum atomic E-state index is 12.1. The number of halogens is 1. The number of nitrogens with zero attached hydrogens (tertiary/aromatic N) is 4. The van der Waals surface area contributed by atoms with Crippen molar-refractivity contribution in [2.24, 2.45) is 0 Å². The number of carbonyl (C=O) groups excluding carboxylic acids is 5. The third kappa shape index (κ3) is 14.7. The lowest BCUT2D eigenvalue weighted by Crippen LogP contribution is -2.35. The van der Waals surface area contributed by atoms with Gasteiger partial charge < -0.3 is 5.11 Å². The second kappa shape index (κ2) is 29.9. The Balaban J connectivity index is 0. The van der Waals surface area contributed by atoms with E-state index in [2.05, 4.69) is 39.5 Å². The van der Waals surface area contributed by atoms with Crippen molar-refractivity contribution in [2.75, 3.05) is 17.5 Å². The van der Waals surface area contributed by atoms with Crippen LogP contribution in [-0.2, 0) is 0 Å². The number of β-amino-alcohol motifs (C(OH)–C–C–N with tert-alkyl or cyclic N) is 1. The number of hydrogen-bond acceptors (Lipinski definition) is 8. The topological polar surface area (TPSA) is 138 Å². The average Bonchev–Trinajstić information content (AvgIpc) is 3.63. The lowest BCUT2D eigenvalue weighted by molar-refractivity contribution is 0.0537. The van der Waals surface area contributed by atoms with E-state index < -0.39 is 17.9 Å². The van der Waals surface area contributed by atoms with Crippen LogP contribution in [0.2, 0.25) is 0 Å². The van der Waals surface area contributed by atoms with Gasteiger partial charge in [-0.15, -0.1) is 0 Å². The van der Waals surface area contributed by atoms with E-state index in [-0.39, 0.29) is 36.4 Å². The number of benzene rings is 2. The maximum absolute atomic E-state index is 12.1. The third-order valence-corrected chi connectivity index (χ3v) is 6.39. The summed E-state index contributed by atoms with van der Waals surface area (Å²) < 4.78 is 1.22. The Morgan fingerprint density at radius 2 is 0.925 bits per heavy atom. The second-order valence-corrected chi connectivity index (χ2v) is 10.7. The molecule has 2 aliphatic heterocycles. The summed E-state index contributed by atoms with van der Waals surface area (Å²) in [6.45, 7) is 21.7. The van der Waals surface area contributed by atoms with E-state index in [4.69, 9.17) is 0 Å². The molecule has 1 N–H and O–H groups in total. The summed E-state index contributed by atoms with van der Waals surface area (Å²) in [5, 5.41) is 10.1. The summed E-state index contributed by atoms with van der Waals surface area (Å²) in [5.41, 5.74) is 2.11. The molecular formula is C42H57IN4O6. The molecule has 0 spiro atoms. The van der Waals surface area contributed by atoms with Crippen LogP contribution >= 0.6 is 22.6 Å². The zero-order chi connectivity index (χ0) is 40.9. The van der Waals surface area contributed by atoms with Crippen LogP contribution in [0.15, 0.2) is 97.3 Å². The Morgan fingerprint density at radius 3 is 1.26 bits per heavy atom. The fraction of sp³-hybridized carbons (Fsp3) is 0.357. The van der Waals surface area contributed by atoms with Gasteiger partial charge in [0, 0.05) is 12.4 Å². The molecule has 1 unspecified atom stereocenters. The Hall–Kier alpha value is -4.62. The number of alkyl halides is 1. The van der Waals surface area contributed by atoms with Crippen molar-refractivity contribution in [3.05, 3.63) is 131 Å². The van der Waals surface area contributed by atoms with Crippen LogP contribution in [0.25, 0.3) is 0 Å². The van der Waals surface area contributed by atoms with E-state index >= 15 is 0 Å². The molecule has 0 saturated carbocycles. The summed E-state index contributed by atoms with van der Waals surface area (Å²) in [7, 11) is 0. The lowest BCUT2D eigenvalue weighted by Gasteiger charge is -2.17. The number of rotatable bonds is 6. The van der Waals surface area contributed by atoms with Crippen molar-refractivity contribution in [3.8, 4) is 0 Å². The Kier molecular flexibility index (Phi) is 28.5. The summed E-state index contributed by atoms with van der Waals surface area (Å²) >= 11 is 2.29. The van der Waals surface area contributed by atoms with Gasteiger partial charge in [0.15, 0.2) is 0 Å². The summed E-state index contributed by atoms with van der Waals surface area (Å²) in [6.07, 6.45) is 2.06. The largest absolute Gasteiger partial charge is 0.385 e. The molecule has 4 heterocycles. The van der Waals surface area contributed by atoms with Gasteiger partial charge >= 0.3 is 0 Å². The van der Waals surface area contributed by atoms with E-state index in [0.717, 1.165) is 9.80 Å². The first-order chi connectivity index (χ1) is 25.8. The molecule has 4 aromatic rings. The molecule has 4 amide bonds. The van der Waals surface area contributed by atoms with Crippen LogP contribution < -0.4 is 0 Å². The van der Waals surface area contributed by atoms with Crippen molar-refractivity contribution in [1.82, 2.24) is 19.8 Å². The molecule has 1 atom stereocenters. The smallest absolute Gasteiger partial charge is 0.261 e. The first-order valence-electron chi connectivity index (χ1n) is 18.3. The highest BCUT2D eigenvalue weighted by atomic mass is 127. The number of carbonyl (C=O) groups is 5. The van der Waals surface area contributed by atoms with Crippen LogP contribution in [0, 0.1) is 0 Å². The van der Waals surface area contributed by atoms with E-state index in [9.17, 15) is 29.1 Å². The number of aromatic nitrogens is 2. The highest BCUT2D eigenvalue weighted by Crippen LogP contribution is 2.25. The van der Waals surface area contributed by atoms with E-state index in [1.54, 1.807) is 91.1 Å².